The highest BCUT2D eigenvalue weighted by Gasteiger charge is 2.27. The monoisotopic (exact) mass is 389 g/mol. The third kappa shape index (κ3) is 4.01. The number of rotatable bonds is 6. The second-order valence-electron chi connectivity index (χ2n) is 5.62. The van der Waals surface area contributed by atoms with E-state index in [2.05, 4.69) is 9.62 Å². The van der Waals surface area contributed by atoms with Gasteiger partial charge in [-0.2, -0.15) is 0 Å². The van der Waals surface area contributed by atoms with Gasteiger partial charge in [0, 0.05) is 38.6 Å². The second kappa shape index (κ2) is 7.55. The number of thiophene rings is 1. The van der Waals surface area contributed by atoms with Crippen molar-refractivity contribution in [1.82, 2.24) is 14.2 Å². The Morgan fingerprint density at radius 1 is 1.33 bits per heavy atom. The zero-order chi connectivity index (χ0) is 17.2. The third-order valence-corrected chi connectivity index (χ3v) is 7.24. The summed E-state index contributed by atoms with van der Waals surface area (Å²) in [6.07, 6.45) is 1.97. The molecule has 24 heavy (non-hydrogen) atoms. The molecule has 0 amide bonds. The van der Waals surface area contributed by atoms with E-state index < -0.39 is 10.0 Å². The highest BCUT2D eigenvalue weighted by atomic mass is 35.5. The molecule has 2 aromatic heterocycles. The predicted molar refractivity (Wildman–Crippen MR) is 95.1 cm³/mol. The predicted octanol–water partition coefficient (Wildman–Crippen LogP) is 2.09. The van der Waals surface area contributed by atoms with Gasteiger partial charge in [0.25, 0.3) is 0 Å². The van der Waals surface area contributed by atoms with E-state index in [1.165, 1.54) is 6.07 Å². The van der Waals surface area contributed by atoms with Crippen molar-refractivity contribution in [2.75, 3.05) is 32.8 Å². The number of aryl methyl sites for hydroxylation is 1. The average Bonchev–Trinajstić information content (AvgIpc) is 3.18. The maximum absolute atomic E-state index is 12.5. The summed E-state index contributed by atoms with van der Waals surface area (Å²) in [5.74, 6) is 0. The van der Waals surface area contributed by atoms with Crippen LogP contribution in [0.2, 0.25) is 4.34 Å². The van der Waals surface area contributed by atoms with Gasteiger partial charge in [-0.15, -0.1) is 11.3 Å². The van der Waals surface area contributed by atoms with Gasteiger partial charge in [0.05, 0.1) is 23.6 Å². The fourth-order valence-electron chi connectivity index (χ4n) is 2.83. The van der Waals surface area contributed by atoms with Crippen molar-refractivity contribution in [2.24, 2.45) is 7.05 Å². The molecule has 0 radical (unpaired) electrons. The number of nitrogens with zero attached hydrogens (tertiary/aromatic N) is 2. The molecule has 3 rings (SSSR count). The highest BCUT2D eigenvalue weighted by Crippen LogP contribution is 2.26. The first-order chi connectivity index (χ1) is 11.5. The zero-order valence-electron chi connectivity index (χ0n) is 13.3. The van der Waals surface area contributed by atoms with Crippen molar-refractivity contribution in [3.05, 3.63) is 40.5 Å². The minimum atomic E-state index is -3.56. The SMILES string of the molecule is Cn1cccc1C(CNS(=O)(=O)c1ccc(Cl)s1)N1CCOCC1. The first-order valence-corrected chi connectivity index (χ1v) is 10.3. The van der Waals surface area contributed by atoms with Gasteiger partial charge < -0.3 is 9.30 Å². The minimum absolute atomic E-state index is 0.0425. The molecule has 0 aliphatic carbocycles. The van der Waals surface area contributed by atoms with E-state index in [0.29, 0.717) is 24.1 Å². The quantitative estimate of drug-likeness (QED) is 0.821. The summed E-state index contributed by atoms with van der Waals surface area (Å²) in [6, 6.07) is 7.07. The Morgan fingerprint density at radius 3 is 2.67 bits per heavy atom. The Hall–Kier alpha value is -0.900. The van der Waals surface area contributed by atoms with Gasteiger partial charge in [-0.05, 0) is 24.3 Å². The van der Waals surface area contributed by atoms with E-state index in [9.17, 15) is 8.42 Å². The lowest BCUT2D eigenvalue weighted by Crippen LogP contribution is -2.44. The summed E-state index contributed by atoms with van der Waals surface area (Å²) < 4.78 is 35.8. The minimum Gasteiger partial charge on any atom is -0.379 e. The first-order valence-electron chi connectivity index (χ1n) is 7.65. The van der Waals surface area contributed by atoms with Crippen molar-refractivity contribution in [2.45, 2.75) is 10.3 Å². The molecule has 0 bridgehead atoms. The van der Waals surface area contributed by atoms with Crippen LogP contribution in [0.25, 0.3) is 0 Å². The third-order valence-electron chi connectivity index (χ3n) is 4.09. The lowest BCUT2D eigenvalue weighted by Gasteiger charge is -2.34. The van der Waals surface area contributed by atoms with Crippen molar-refractivity contribution < 1.29 is 13.2 Å². The molecule has 6 nitrogen and oxygen atoms in total. The van der Waals surface area contributed by atoms with Crippen LogP contribution in [0.5, 0.6) is 0 Å². The van der Waals surface area contributed by atoms with Crippen LogP contribution >= 0.6 is 22.9 Å². The molecule has 1 unspecified atom stereocenters. The smallest absolute Gasteiger partial charge is 0.250 e. The second-order valence-corrected chi connectivity index (χ2v) is 9.33. The maximum Gasteiger partial charge on any atom is 0.250 e. The van der Waals surface area contributed by atoms with Crippen molar-refractivity contribution >= 4 is 33.0 Å². The van der Waals surface area contributed by atoms with Gasteiger partial charge in [0.15, 0.2) is 0 Å². The molecule has 0 spiro atoms. The molecule has 1 aliphatic heterocycles. The summed E-state index contributed by atoms with van der Waals surface area (Å²) in [4.78, 5) is 2.25. The molecule has 1 N–H and O–H groups in total. The molecule has 1 atom stereocenters. The highest BCUT2D eigenvalue weighted by molar-refractivity contribution is 7.91. The fraction of sp³-hybridized carbons (Fsp3) is 0.467. The van der Waals surface area contributed by atoms with Crippen LogP contribution in [0.4, 0.5) is 0 Å². The van der Waals surface area contributed by atoms with Crippen LogP contribution in [0.1, 0.15) is 11.7 Å². The molecular formula is C15H20ClN3O3S2. The van der Waals surface area contributed by atoms with Gasteiger partial charge >= 0.3 is 0 Å². The molecule has 1 fully saturated rings. The first kappa shape index (κ1) is 17.9. The van der Waals surface area contributed by atoms with Crippen LogP contribution in [0.15, 0.2) is 34.7 Å². The lowest BCUT2D eigenvalue weighted by molar-refractivity contribution is 0.0158. The van der Waals surface area contributed by atoms with Gasteiger partial charge in [-0.1, -0.05) is 11.6 Å². The van der Waals surface area contributed by atoms with Gasteiger partial charge in [0.1, 0.15) is 4.21 Å². The van der Waals surface area contributed by atoms with Crippen LogP contribution in [-0.4, -0.2) is 50.7 Å². The molecule has 2 aromatic rings. The van der Waals surface area contributed by atoms with Crippen LogP contribution in [0, 0.1) is 0 Å². The number of sulfonamides is 1. The van der Waals surface area contributed by atoms with Crippen molar-refractivity contribution in [3.8, 4) is 0 Å². The van der Waals surface area contributed by atoms with E-state index in [0.717, 1.165) is 30.1 Å². The summed E-state index contributed by atoms with van der Waals surface area (Å²) >= 11 is 6.91. The molecule has 9 heteroatoms. The molecule has 1 aliphatic rings. The molecule has 0 saturated carbocycles. The Labute approximate surface area is 151 Å². The summed E-state index contributed by atoms with van der Waals surface area (Å²) in [7, 11) is -1.59. The van der Waals surface area contributed by atoms with Crippen LogP contribution in [0.3, 0.4) is 0 Å². The summed E-state index contributed by atoms with van der Waals surface area (Å²) in [5.41, 5.74) is 1.07. The van der Waals surface area contributed by atoms with E-state index in [4.69, 9.17) is 16.3 Å². The van der Waals surface area contributed by atoms with E-state index in [1.54, 1.807) is 6.07 Å². The number of nitrogens with one attached hydrogen (secondary N) is 1. The van der Waals surface area contributed by atoms with Gasteiger partial charge in [-0.25, -0.2) is 13.1 Å². The van der Waals surface area contributed by atoms with Crippen molar-refractivity contribution in [1.29, 1.82) is 0 Å². The van der Waals surface area contributed by atoms with Gasteiger partial charge in [-0.3, -0.25) is 4.90 Å². The molecular weight excluding hydrogens is 370 g/mol. The number of morpholine rings is 1. The van der Waals surface area contributed by atoms with Gasteiger partial charge in [0.2, 0.25) is 10.0 Å². The number of aromatic nitrogens is 1. The molecule has 132 valence electrons. The standard InChI is InChI=1S/C15H20ClN3O3S2/c1-18-6-2-3-12(18)13(19-7-9-22-10-8-19)11-17-24(20,21)15-5-4-14(16)23-15/h2-6,13,17H,7-11H2,1H3. The van der Waals surface area contributed by atoms with Crippen molar-refractivity contribution in [3.63, 3.8) is 0 Å². The topological polar surface area (TPSA) is 63.6 Å². The Kier molecular flexibility index (Phi) is 5.63. The number of hydrogen-bond acceptors (Lipinski definition) is 5. The average molecular weight is 390 g/mol. The van der Waals surface area contributed by atoms with Crippen LogP contribution in [-0.2, 0) is 21.8 Å². The largest absolute Gasteiger partial charge is 0.379 e. The number of hydrogen-bond donors (Lipinski definition) is 1. The number of halogens is 1. The Balaban J connectivity index is 1.78. The van der Waals surface area contributed by atoms with E-state index in [-0.39, 0.29) is 10.3 Å². The van der Waals surface area contributed by atoms with Crippen LogP contribution < -0.4 is 4.72 Å². The van der Waals surface area contributed by atoms with E-state index >= 15 is 0 Å². The lowest BCUT2D eigenvalue weighted by atomic mass is 10.1. The Morgan fingerprint density at radius 2 is 2.08 bits per heavy atom. The number of ether oxygens (including phenoxy) is 1. The fourth-order valence-corrected chi connectivity index (χ4v) is 5.40. The molecule has 3 heterocycles. The normalized spacial score (nSPS) is 17.9. The zero-order valence-corrected chi connectivity index (χ0v) is 15.7. The Bertz CT molecular complexity index is 781. The van der Waals surface area contributed by atoms with E-state index in [1.807, 2.05) is 29.9 Å². The molecule has 1 saturated heterocycles. The summed E-state index contributed by atoms with van der Waals surface area (Å²) in [5, 5.41) is 0. The maximum atomic E-state index is 12.5. The molecule has 0 aromatic carbocycles. The summed E-state index contributed by atoms with van der Waals surface area (Å²) in [6.45, 7) is 3.18.